The maximum Gasteiger partial charge on any atom is 0.322 e. The van der Waals surface area contributed by atoms with Gasteiger partial charge in [-0.05, 0) is 30.3 Å². The van der Waals surface area contributed by atoms with Gasteiger partial charge < -0.3 is 13.9 Å². The van der Waals surface area contributed by atoms with Crippen molar-refractivity contribution in [2.45, 2.75) is 0 Å². The predicted molar refractivity (Wildman–Crippen MR) is 86.9 cm³/mol. The lowest BCUT2D eigenvalue weighted by Gasteiger charge is -2.04. The Morgan fingerprint density at radius 2 is 1.88 bits per heavy atom. The Kier molecular flexibility index (Phi) is 4.71. The van der Waals surface area contributed by atoms with Crippen LogP contribution in [0.3, 0.4) is 0 Å². The van der Waals surface area contributed by atoms with Crippen molar-refractivity contribution in [3.05, 3.63) is 54.6 Å². The maximum atomic E-state index is 11.8. The Morgan fingerprint density at radius 1 is 1.08 bits per heavy atom. The molecule has 0 unspecified atom stereocenters. The standard InChI is InChI=1S/C17H15N3O4/c1-22-14-9-5-6-12(10-14)16-19-20-17(24-16)18-15(21)11-23-13-7-3-2-4-8-13/h2-10H,11H2,1H3,(H,18,20,21). The van der Waals surface area contributed by atoms with E-state index in [9.17, 15) is 4.79 Å². The first-order valence-corrected chi connectivity index (χ1v) is 7.20. The number of carbonyl (C=O) groups is 1. The molecule has 1 aromatic heterocycles. The van der Waals surface area contributed by atoms with Gasteiger partial charge in [-0.2, -0.15) is 0 Å². The van der Waals surface area contributed by atoms with E-state index in [1.807, 2.05) is 30.3 Å². The van der Waals surface area contributed by atoms with E-state index in [4.69, 9.17) is 13.9 Å². The number of para-hydroxylation sites is 1. The fourth-order valence-electron chi connectivity index (χ4n) is 1.97. The fraction of sp³-hybridized carbons (Fsp3) is 0.118. The summed E-state index contributed by atoms with van der Waals surface area (Å²) in [6, 6.07) is 16.2. The number of hydrogen-bond acceptors (Lipinski definition) is 6. The summed E-state index contributed by atoms with van der Waals surface area (Å²) in [5, 5.41) is 10.2. The smallest absolute Gasteiger partial charge is 0.322 e. The van der Waals surface area contributed by atoms with Crippen LogP contribution in [0.25, 0.3) is 11.5 Å². The zero-order valence-electron chi connectivity index (χ0n) is 12.9. The lowest BCUT2D eigenvalue weighted by molar-refractivity contribution is -0.118. The van der Waals surface area contributed by atoms with Crippen molar-refractivity contribution in [1.82, 2.24) is 10.2 Å². The van der Waals surface area contributed by atoms with Gasteiger partial charge in [0.1, 0.15) is 11.5 Å². The molecule has 7 heteroatoms. The van der Waals surface area contributed by atoms with Crippen molar-refractivity contribution in [2.75, 3.05) is 19.0 Å². The number of amides is 1. The van der Waals surface area contributed by atoms with Gasteiger partial charge >= 0.3 is 6.01 Å². The molecule has 0 radical (unpaired) electrons. The first-order chi connectivity index (χ1) is 11.7. The van der Waals surface area contributed by atoms with Crippen molar-refractivity contribution in [1.29, 1.82) is 0 Å². The van der Waals surface area contributed by atoms with Gasteiger partial charge in [-0.25, -0.2) is 0 Å². The van der Waals surface area contributed by atoms with Crippen LogP contribution < -0.4 is 14.8 Å². The van der Waals surface area contributed by atoms with Crippen LogP contribution in [-0.4, -0.2) is 29.8 Å². The molecule has 122 valence electrons. The van der Waals surface area contributed by atoms with Crippen molar-refractivity contribution in [2.24, 2.45) is 0 Å². The normalized spacial score (nSPS) is 10.2. The highest BCUT2D eigenvalue weighted by atomic mass is 16.5. The summed E-state index contributed by atoms with van der Waals surface area (Å²) in [5.74, 6) is 1.18. The van der Waals surface area contributed by atoms with Gasteiger partial charge in [-0.1, -0.05) is 29.4 Å². The Hall–Kier alpha value is -3.35. The third-order valence-corrected chi connectivity index (χ3v) is 3.10. The maximum absolute atomic E-state index is 11.8. The van der Waals surface area contributed by atoms with Crippen LogP contribution in [0, 0.1) is 0 Å². The largest absolute Gasteiger partial charge is 0.497 e. The molecule has 1 N–H and O–H groups in total. The van der Waals surface area contributed by atoms with Crippen molar-refractivity contribution in [3.63, 3.8) is 0 Å². The second-order valence-corrected chi connectivity index (χ2v) is 4.79. The zero-order chi connectivity index (χ0) is 16.8. The molecule has 3 aromatic rings. The van der Waals surface area contributed by atoms with Gasteiger partial charge in [0.05, 0.1) is 7.11 Å². The highest BCUT2D eigenvalue weighted by molar-refractivity contribution is 5.89. The number of benzene rings is 2. The molecule has 0 fully saturated rings. The van der Waals surface area contributed by atoms with Crippen LogP contribution in [0.5, 0.6) is 11.5 Å². The lowest BCUT2D eigenvalue weighted by Crippen LogP contribution is -2.20. The van der Waals surface area contributed by atoms with Gasteiger partial charge in [0.2, 0.25) is 5.89 Å². The lowest BCUT2D eigenvalue weighted by atomic mass is 10.2. The van der Waals surface area contributed by atoms with Crippen LogP contribution in [0.2, 0.25) is 0 Å². The first-order valence-electron chi connectivity index (χ1n) is 7.20. The predicted octanol–water partition coefficient (Wildman–Crippen LogP) is 2.76. The number of nitrogens with zero attached hydrogens (tertiary/aromatic N) is 2. The molecule has 0 aliphatic carbocycles. The van der Waals surface area contributed by atoms with Crippen molar-refractivity contribution < 1.29 is 18.7 Å². The molecule has 3 rings (SSSR count). The number of anilines is 1. The topological polar surface area (TPSA) is 86.5 Å². The van der Waals surface area contributed by atoms with E-state index in [-0.39, 0.29) is 24.4 Å². The summed E-state index contributed by atoms with van der Waals surface area (Å²) < 4.78 is 15.9. The highest BCUT2D eigenvalue weighted by Gasteiger charge is 2.12. The van der Waals surface area contributed by atoms with Crippen LogP contribution in [-0.2, 0) is 4.79 Å². The zero-order valence-corrected chi connectivity index (χ0v) is 12.9. The van der Waals surface area contributed by atoms with Crippen LogP contribution >= 0.6 is 0 Å². The van der Waals surface area contributed by atoms with Crippen LogP contribution in [0.4, 0.5) is 6.01 Å². The van der Waals surface area contributed by atoms with E-state index in [0.717, 1.165) is 0 Å². The summed E-state index contributed by atoms with van der Waals surface area (Å²) in [4.78, 5) is 11.8. The summed E-state index contributed by atoms with van der Waals surface area (Å²) >= 11 is 0. The molecule has 0 aliphatic rings. The molecule has 2 aromatic carbocycles. The number of carbonyl (C=O) groups excluding carboxylic acids is 1. The van der Waals surface area contributed by atoms with Gasteiger partial charge in [0.15, 0.2) is 6.61 Å². The average Bonchev–Trinajstić information content (AvgIpc) is 3.09. The monoisotopic (exact) mass is 325 g/mol. The van der Waals surface area contributed by atoms with E-state index in [0.29, 0.717) is 17.1 Å². The van der Waals surface area contributed by atoms with Gasteiger partial charge in [0, 0.05) is 5.56 Å². The molecule has 1 amide bonds. The van der Waals surface area contributed by atoms with Gasteiger partial charge in [0.25, 0.3) is 5.91 Å². The van der Waals surface area contributed by atoms with E-state index >= 15 is 0 Å². The molecule has 0 atom stereocenters. The quantitative estimate of drug-likeness (QED) is 0.750. The number of hydrogen-bond donors (Lipinski definition) is 1. The van der Waals surface area contributed by atoms with E-state index in [1.54, 1.807) is 31.4 Å². The third-order valence-electron chi connectivity index (χ3n) is 3.10. The van der Waals surface area contributed by atoms with Crippen molar-refractivity contribution >= 4 is 11.9 Å². The highest BCUT2D eigenvalue weighted by Crippen LogP contribution is 2.23. The molecule has 0 aliphatic heterocycles. The minimum Gasteiger partial charge on any atom is -0.497 e. The summed E-state index contributed by atoms with van der Waals surface area (Å²) in [5.41, 5.74) is 0.697. The van der Waals surface area contributed by atoms with E-state index in [2.05, 4.69) is 15.5 Å². The van der Waals surface area contributed by atoms with Crippen LogP contribution in [0.15, 0.2) is 59.0 Å². The van der Waals surface area contributed by atoms with Crippen molar-refractivity contribution in [3.8, 4) is 23.0 Å². The van der Waals surface area contributed by atoms with Gasteiger partial charge in [-0.15, -0.1) is 5.10 Å². The SMILES string of the molecule is COc1cccc(-c2nnc(NC(=O)COc3ccccc3)o2)c1. The molecular formula is C17H15N3O4. The minimum atomic E-state index is -0.389. The van der Waals surface area contributed by atoms with Crippen LogP contribution in [0.1, 0.15) is 0 Å². The van der Waals surface area contributed by atoms with E-state index in [1.165, 1.54) is 0 Å². The molecule has 1 heterocycles. The Bertz CT molecular complexity index is 817. The Labute approximate surface area is 138 Å². The second-order valence-electron chi connectivity index (χ2n) is 4.79. The summed E-state index contributed by atoms with van der Waals surface area (Å²) in [7, 11) is 1.57. The molecule has 0 saturated carbocycles. The Morgan fingerprint density at radius 3 is 2.67 bits per heavy atom. The number of ether oxygens (including phenoxy) is 2. The second kappa shape index (κ2) is 7.28. The molecule has 0 bridgehead atoms. The number of aromatic nitrogens is 2. The molecular weight excluding hydrogens is 310 g/mol. The number of rotatable bonds is 6. The third kappa shape index (κ3) is 3.89. The molecule has 7 nitrogen and oxygen atoms in total. The summed E-state index contributed by atoms with van der Waals surface area (Å²) in [6.45, 7) is -0.152. The molecule has 24 heavy (non-hydrogen) atoms. The minimum absolute atomic E-state index is 0.00878. The Balaban J connectivity index is 1.60. The number of nitrogens with one attached hydrogen (secondary N) is 1. The van der Waals surface area contributed by atoms with E-state index < -0.39 is 0 Å². The van der Waals surface area contributed by atoms with Gasteiger partial charge in [-0.3, -0.25) is 10.1 Å². The fourth-order valence-corrected chi connectivity index (χ4v) is 1.97. The molecule has 0 saturated heterocycles. The average molecular weight is 325 g/mol. The summed E-state index contributed by atoms with van der Waals surface area (Å²) in [6.07, 6.45) is 0. The molecule has 0 spiro atoms. The number of methoxy groups -OCH3 is 1. The first kappa shape index (κ1) is 15.5.